The second kappa shape index (κ2) is 2.46. The van der Waals surface area contributed by atoms with E-state index in [4.69, 9.17) is 5.11 Å². The maximum Gasteiger partial charge on any atom is 0.0681 e. The van der Waals surface area contributed by atoms with E-state index in [0.717, 1.165) is 5.56 Å². The highest BCUT2D eigenvalue weighted by Gasteiger charge is 2.32. The van der Waals surface area contributed by atoms with Crippen molar-refractivity contribution in [2.24, 2.45) is 0 Å². The van der Waals surface area contributed by atoms with Crippen molar-refractivity contribution in [3.8, 4) is 0 Å². The summed E-state index contributed by atoms with van der Waals surface area (Å²) in [6, 6.07) is 6.37. The molecule has 2 unspecified atom stereocenters. The molecule has 13 heavy (non-hydrogen) atoms. The van der Waals surface area contributed by atoms with Crippen molar-refractivity contribution in [1.29, 1.82) is 0 Å². The Hall–Kier alpha value is -1.08. The Balaban J connectivity index is 2.14. The van der Waals surface area contributed by atoms with Crippen molar-refractivity contribution in [2.45, 2.75) is 24.9 Å². The predicted molar refractivity (Wildman–Crippen MR) is 51.6 cm³/mol. The maximum atomic E-state index is 9.02. The van der Waals surface area contributed by atoms with E-state index in [9.17, 15) is 0 Å². The number of allylic oxidation sites excluding steroid dienone is 2. The fourth-order valence-electron chi connectivity index (χ4n) is 2.54. The highest BCUT2D eigenvalue weighted by molar-refractivity contribution is 5.48. The van der Waals surface area contributed by atoms with E-state index in [-0.39, 0.29) is 6.61 Å². The Morgan fingerprint density at radius 1 is 1.15 bits per heavy atom. The Labute approximate surface area is 77.7 Å². The first-order valence-electron chi connectivity index (χ1n) is 4.80. The number of fused-ring (bicyclic) bond motifs is 5. The quantitative estimate of drug-likeness (QED) is 0.644. The molecule has 1 nitrogen and oxygen atoms in total. The van der Waals surface area contributed by atoms with Gasteiger partial charge in [-0.15, -0.1) is 0 Å². The van der Waals surface area contributed by atoms with Crippen LogP contribution in [0, 0.1) is 0 Å². The van der Waals surface area contributed by atoms with Gasteiger partial charge < -0.3 is 5.11 Å². The van der Waals surface area contributed by atoms with Crippen LogP contribution in [0.3, 0.4) is 0 Å². The summed E-state index contributed by atoms with van der Waals surface area (Å²) in [5, 5.41) is 9.02. The van der Waals surface area contributed by atoms with E-state index in [2.05, 4.69) is 24.3 Å². The third-order valence-electron chi connectivity index (χ3n) is 3.22. The molecule has 1 aromatic carbocycles. The molecule has 0 aromatic heterocycles. The fraction of sp³-hybridized carbons (Fsp3) is 0.333. The van der Waals surface area contributed by atoms with Gasteiger partial charge in [0.2, 0.25) is 0 Å². The van der Waals surface area contributed by atoms with Gasteiger partial charge in [0.1, 0.15) is 0 Å². The zero-order chi connectivity index (χ0) is 8.84. The van der Waals surface area contributed by atoms with Gasteiger partial charge in [-0.25, -0.2) is 0 Å². The van der Waals surface area contributed by atoms with Crippen molar-refractivity contribution in [1.82, 2.24) is 0 Å². The standard InChI is InChI=1S/C12H12O/c13-7-8-1-4-11-9-2-3-10(6-9)12(11)5-8/h1-5,9-10,13H,6-7H2. The van der Waals surface area contributed by atoms with Crippen LogP contribution in [-0.2, 0) is 6.61 Å². The van der Waals surface area contributed by atoms with Crippen molar-refractivity contribution < 1.29 is 5.11 Å². The molecule has 3 rings (SSSR count). The molecular formula is C12H12O. The fourth-order valence-corrected chi connectivity index (χ4v) is 2.54. The van der Waals surface area contributed by atoms with Gasteiger partial charge in [0.15, 0.2) is 0 Å². The number of aliphatic hydroxyl groups is 1. The van der Waals surface area contributed by atoms with E-state index in [1.807, 2.05) is 6.07 Å². The molecular weight excluding hydrogens is 160 g/mol. The molecule has 0 saturated heterocycles. The summed E-state index contributed by atoms with van der Waals surface area (Å²) in [6.45, 7) is 0.161. The van der Waals surface area contributed by atoms with Crippen LogP contribution >= 0.6 is 0 Å². The van der Waals surface area contributed by atoms with Gasteiger partial charge in [0, 0.05) is 11.8 Å². The predicted octanol–water partition coefficient (Wildman–Crippen LogP) is 2.32. The van der Waals surface area contributed by atoms with E-state index < -0.39 is 0 Å². The summed E-state index contributed by atoms with van der Waals surface area (Å²) in [4.78, 5) is 0. The number of hydrogen-bond acceptors (Lipinski definition) is 1. The molecule has 0 radical (unpaired) electrons. The number of benzene rings is 1. The molecule has 1 heteroatoms. The summed E-state index contributed by atoms with van der Waals surface area (Å²) in [5.74, 6) is 1.29. The summed E-state index contributed by atoms with van der Waals surface area (Å²) in [6.07, 6.45) is 5.87. The Morgan fingerprint density at radius 2 is 1.92 bits per heavy atom. The van der Waals surface area contributed by atoms with Gasteiger partial charge in [-0.2, -0.15) is 0 Å². The third kappa shape index (κ3) is 0.909. The number of hydrogen-bond donors (Lipinski definition) is 1. The highest BCUT2D eigenvalue weighted by atomic mass is 16.3. The average molecular weight is 172 g/mol. The molecule has 2 atom stereocenters. The van der Waals surface area contributed by atoms with Crippen molar-refractivity contribution in [3.63, 3.8) is 0 Å². The molecule has 1 aromatic rings. The van der Waals surface area contributed by atoms with Gasteiger partial charge in [-0.05, 0) is 23.1 Å². The highest BCUT2D eigenvalue weighted by Crippen LogP contribution is 2.48. The van der Waals surface area contributed by atoms with Gasteiger partial charge in [-0.3, -0.25) is 0 Å². The van der Waals surface area contributed by atoms with Gasteiger partial charge in [0.05, 0.1) is 6.61 Å². The minimum atomic E-state index is 0.161. The van der Waals surface area contributed by atoms with E-state index in [1.54, 1.807) is 0 Å². The molecule has 0 fully saturated rings. The van der Waals surface area contributed by atoms with Crippen LogP contribution in [0.4, 0.5) is 0 Å². The minimum absolute atomic E-state index is 0.161. The van der Waals surface area contributed by atoms with Crippen molar-refractivity contribution >= 4 is 0 Å². The lowest BCUT2D eigenvalue weighted by Gasteiger charge is -2.10. The van der Waals surface area contributed by atoms with Gasteiger partial charge in [0.25, 0.3) is 0 Å². The molecule has 2 aliphatic rings. The molecule has 0 spiro atoms. The smallest absolute Gasteiger partial charge is 0.0681 e. The summed E-state index contributed by atoms with van der Waals surface area (Å²) in [5.41, 5.74) is 3.96. The summed E-state index contributed by atoms with van der Waals surface area (Å²) >= 11 is 0. The maximum absolute atomic E-state index is 9.02. The molecule has 0 amide bonds. The first-order chi connectivity index (χ1) is 6.38. The monoisotopic (exact) mass is 172 g/mol. The second-order valence-corrected chi connectivity index (χ2v) is 3.95. The van der Waals surface area contributed by atoms with Crippen LogP contribution in [-0.4, -0.2) is 5.11 Å². The van der Waals surface area contributed by atoms with E-state index in [1.165, 1.54) is 17.5 Å². The molecule has 0 aliphatic heterocycles. The number of rotatable bonds is 1. The normalized spacial score (nSPS) is 28.1. The van der Waals surface area contributed by atoms with E-state index in [0.29, 0.717) is 11.8 Å². The van der Waals surface area contributed by atoms with Crippen molar-refractivity contribution in [3.05, 3.63) is 47.0 Å². The molecule has 66 valence electrons. The first-order valence-corrected chi connectivity index (χ1v) is 4.80. The van der Waals surface area contributed by atoms with Gasteiger partial charge >= 0.3 is 0 Å². The second-order valence-electron chi connectivity index (χ2n) is 3.95. The lowest BCUT2D eigenvalue weighted by Crippen LogP contribution is -1.94. The molecule has 1 N–H and O–H groups in total. The van der Waals surface area contributed by atoms with Gasteiger partial charge in [-0.1, -0.05) is 30.4 Å². The Kier molecular flexibility index (Phi) is 1.39. The topological polar surface area (TPSA) is 20.2 Å². The van der Waals surface area contributed by atoms with Crippen molar-refractivity contribution in [2.75, 3.05) is 0 Å². The lowest BCUT2D eigenvalue weighted by atomic mass is 9.95. The molecule has 0 heterocycles. The largest absolute Gasteiger partial charge is 0.392 e. The molecule has 2 bridgehead atoms. The van der Waals surface area contributed by atoms with Crippen LogP contribution in [0.25, 0.3) is 0 Å². The SMILES string of the molecule is OCc1ccc2c(c1)C1C=CC2C1. The molecule has 0 saturated carbocycles. The average Bonchev–Trinajstić information content (AvgIpc) is 2.77. The number of aliphatic hydroxyl groups excluding tert-OH is 1. The lowest BCUT2D eigenvalue weighted by molar-refractivity contribution is 0.281. The van der Waals surface area contributed by atoms with E-state index >= 15 is 0 Å². The summed E-state index contributed by atoms with van der Waals surface area (Å²) in [7, 11) is 0. The molecule has 2 aliphatic carbocycles. The minimum Gasteiger partial charge on any atom is -0.392 e. The summed E-state index contributed by atoms with van der Waals surface area (Å²) < 4.78 is 0. The zero-order valence-corrected chi connectivity index (χ0v) is 7.40. The van der Waals surface area contributed by atoms with Crippen LogP contribution in [0.2, 0.25) is 0 Å². The Morgan fingerprint density at radius 3 is 2.69 bits per heavy atom. The van der Waals surface area contributed by atoms with Crippen LogP contribution in [0.15, 0.2) is 30.4 Å². The third-order valence-corrected chi connectivity index (χ3v) is 3.22. The van der Waals surface area contributed by atoms with Crippen LogP contribution in [0.1, 0.15) is 34.9 Å². The zero-order valence-electron chi connectivity index (χ0n) is 7.40. The Bertz CT molecular complexity index is 379. The van der Waals surface area contributed by atoms with Crippen LogP contribution in [0.5, 0.6) is 0 Å². The van der Waals surface area contributed by atoms with Crippen LogP contribution < -0.4 is 0 Å². The first kappa shape index (κ1) is 7.34.